The lowest BCUT2D eigenvalue weighted by molar-refractivity contribution is -0.177. The number of rotatable bonds is 12. The number of thioether (sulfide) groups is 1. The first-order valence-corrected chi connectivity index (χ1v) is 10.0. The Balaban J connectivity index is 2.41. The summed E-state index contributed by atoms with van der Waals surface area (Å²) in [5.41, 5.74) is 5.39. The number of amides is 1. The lowest BCUT2D eigenvalue weighted by atomic mass is 10.4. The van der Waals surface area contributed by atoms with Crippen molar-refractivity contribution in [2.45, 2.75) is 24.0 Å². The molecular formula is C17H21F3N6O6S. The summed E-state index contributed by atoms with van der Waals surface area (Å²) >= 11 is 1.21. The maximum absolute atomic E-state index is 12.2. The number of hydrogen-bond donors (Lipinski definition) is 4. The van der Waals surface area contributed by atoms with Crippen LogP contribution in [-0.2, 0) is 23.9 Å². The minimum absolute atomic E-state index is 0.158. The van der Waals surface area contributed by atoms with Gasteiger partial charge in [-0.05, 0) is 12.5 Å². The van der Waals surface area contributed by atoms with Crippen LogP contribution >= 0.6 is 11.8 Å². The van der Waals surface area contributed by atoms with E-state index >= 15 is 0 Å². The molecule has 0 saturated carbocycles. The largest absolute Gasteiger partial charge is 0.478 e. The van der Waals surface area contributed by atoms with E-state index in [9.17, 15) is 27.6 Å². The molecule has 5 N–H and O–H groups in total. The van der Waals surface area contributed by atoms with E-state index in [1.165, 1.54) is 24.0 Å². The number of carboxylic acid groups (broad SMARTS) is 1. The van der Waals surface area contributed by atoms with Crippen LogP contribution in [0.3, 0.4) is 0 Å². The Morgan fingerprint density at radius 2 is 2.09 bits per heavy atom. The molecule has 1 amide bonds. The fourth-order valence-electron chi connectivity index (χ4n) is 1.85. The number of esters is 1. The van der Waals surface area contributed by atoms with Crippen molar-refractivity contribution in [3.05, 3.63) is 24.4 Å². The van der Waals surface area contributed by atoms with E-state index in [4.69, 9.17) is 15.6 Å². The Hall–Kier alpha value is -3.40. The van der Waals surface area contributed by atoms with E-state index in [2.05, 4.69) is 30.3 Å². The molecule has 0 saturated heterocycles. The van der Waals surface area contributed by atoms with Crippen LogP contribution in [0.4, 0.5) is 19.0 Å². The summed E-state index contributed by atoms with van der Waals surface area (Å²) in [6.07, 6.45) is -3.00. The fourth-order valence-corrected chi connectivity index (χ4v) is 2.62. The molecule has 0 aliphatic carbocycles. The van der Waals surface area contributed by atoms with E-state index in [-0.39, 0.29) is 12.4 Å². The highest BCUT2D eigenvalue weighted by Crippen LogP contribution is 2.16. The number of ether oxygens (including phenoxy) is 2. The quantitative estimate of drug-likeness (QED) is 0.0465. The molecule has 33 heavy (non-hydrogen) atoms. The first-order chi connectivity index (χ1) is 15.5. The van der Waals surface area contributed by atoms with Crippen LogP contribution in [0.25, 0.3) is 0 Å². The van der Waals surface area contributed by atoms with E-state index in [0.29, 0.717) is 29.5 Å². The predicted octanol–water partition coefficient (Wildman–Crippen LogP) is 0.520. The topological polar surface area (TPSA) is 178 Å². The van der Waals surface area contributed by atoms with Crippen molar-refractivity contribution in [2.24, 2.45) is 10.7 Å². The van der Waals surface area contributed by atoms with Crippen molar-refractivity contribution in [3.8, 4) is 0 Å². The molecule has 12 nitrogen and oxygen atoms in total. The first-order valence-electron chi connectivity index (χ1n) is 9.02. The molecule has 1 aromatic heterocycles. The zero-order valence-electron chi connectivity index (χ0n) is 17.2. The fraction of sp³-hybridized carbons (Fsp3) is 0.412. The van der Waals surface area contributed by atoms with Crippen molar-refractivity contribution >= 4 is 41.4 Å². The molecule has 1 atom stereocenters. The minimum atomic E-state index is -4.48. The summed E-state index contributed by atoms with van der Waals surface area (Å²) < 4.78 is 45.9. The van der Waals surface area contributed by atoms with Crippen LogP contribution in [0, 0.1) is 0 Å². The molecule has 0 aromatic carbocycles. The normalized spacial score (nSPS) is 12.9. The minimum Gasteiger partial charge on any atom is -0.478 e. The Bertz CT molecular complexity index is 883. The highest BCUT2D eigenvalue weighted by molar-refractivity contribution is 7.99. The maximum atomic E-state index is 12.2. The number of guanidine groups is 1. The Morgan fingerprint density at radius 3 is 2.73 bits per heavy atom. The summed E-state index contributed by atoms with van der Waals surface area (Å²) in [6, 6.07) is 1.40. The molecule has 1 heterocycles. The molecule has 0 radical (unpaired) electrons. The standard InChI is InChI=1S/C17H21F3N6O6S/c1-31-14(32-12(29)4-3-11(27)28)13(30)22-6-2-8-33-16-23-7-5-10(26-16)25-15(21)24-9-17(18,19)20/h3-5,7,14H,2,6,8-9H2,1H3,(H,22,30)(H,27,28)(H3,21,23,24,25,26)/b4-3-. The summed E-state index contributed by atoms with van der Waals surface area (Å²) in [5.74, 6) is -2.99. The van der Waals surface area contributed by atoms with Gasteiger partial charge in [-0.2, -0.15) is 13.2 Å². The highest BCUT2D eigenvalue weighted by Gasteiger charge is 2.26. The summed E-state index contributed by atoms with van der Waals surface area (Å²) in [4.78, 5) is 45.0. The van der Waals surface area contributed by atoms with Crippen LogP contribution in [0.5, 0.6) is 0 Å². The number of anilines is 1. The van der Waals surface area contributed by atoms with Crippen molar-refractivity contribution < 1.29 is 42.1 Å². The van der Waals surface area contributed by atoms with Crippen LogP contribution in [-0.4, -0.2) is 77.3 Å². The molecule has 1 rings (SSSR count). The molecule has 1 unspecified atom stereocenters. The van der Waals surface area contributed by atoms with Gasteiger partial charge in [0, 0.05) is 37.8 Å². The number of nitrogens with one attached hydrogen (secondary N) is 2. The molecule has 16 heteroatoms. The third-order valence-electron chi connectivity index (χ3n) is 3.18. The van der Waals surface area contributed by atoms with Gasteiger partial charge in [0.2, 0.25) is 0 Å². The average molecular weight is 494 g/mol. The molecular weight excluding hydrogens is 473 g/mol. The lowest BCUT2D eigenvalue weighted by Gasteiger charge is -2.14. The summed E-state index contributed by atoms with van der Waals surface area (Å²) in [5, 5.41) is 13.7. The van der Waals surface area contributed by atoms with Gasteiger partial charge in [0.05, 0.1) is 0 Å². The monoisotopic (exact) mass is 494 g/mol. The number of aromatic nitrogens is 2. The van der Waals surface area contributed by atoms with Gasteiger partial charge in [0.1, 0.15) is 12.4 Å². The zero-order valence-corrected chi connectivity index (χ0v) is 18.0. The lowest BCUT2D eigenvalue weighted by Crippen LogP contribution is -2.39. The molecule has 0 aliphatic heterocycles. The van der Waals surface area contributed by atoms with Gasteiger partial charge in [0.25, 0.3) is 12.2 Å². The highest BCUT2D eigenvalue weighted by atomic mass is 32.2. The number of aliphatic carboxylic acids is 1. The third-order valence-corrected chi connectivity index (χ3v) is 4.13. The van der Waals surface area contributed by atoms with Crippen LogP contribution in [0.2, 0.25) is 0 Å². The second kappa shape index (κ2) is 13.9. The molecule has 0 spiro atoms. The second-order valence-corrected chi connectivity index (χ2v) is 6.90. The van der Waals surface area contributed by atoms with Crippen molar-refractivity contribution in [1.82, 2.24) is 15.3 Å². The predicted molar refractivity (Wildman–Crippen MR) is 110 cm³/mol. The molecule has 0 fully saturated rings. The second-order valence-electron chi connectivity index (χ2n) is 5.84. The number of nitrogens with zero attached hydrogens (tertiary/aromatic N) is 3. The Labute approximate surface area is 189 Å². The van der Waals surface area contributed by atoms with Crippen LogP contribution in [0.1, 0.15) is 6.42 Å². The summed E-state index contributed by atoms with van der Waals surface area (Å²) in [7, 11) is 1.13. The first kappa shape index (κ1) is 27.6. The van der Waals surface area contributed by atoms with Crippen LogP contribution in [0.15, 0.2) is 34.6 Å². The molecule has 0 aliphatic rings. The van der Waals surface area contributed by atoms with E-state index in [0.717, 1.165) is 7.11 Å². The summed E-state index contributed by atoms with van der Waals surface area (Å²) in [6.45, 7) is -1.24. The van der Waals surface area contributed by atoms with Gasteiger partial charge in [0.15, 0.2) is 11.1 Å². The number of alkyl halides is 3. The molecule has 0 bridgehead atoms. The number of aliphatic imine (C=N–C) groups is 1. The van der Waals surface area contributed by atoms with Crippen molar-refractivity contribution in [1.29, 1.82) is 0 Å². The zero-order chi connectivity index (χ0) is 24.9. The van der Waals surface area contributed by atoms with Gasteiger partial charge in [-0.15, -0.1) is 0 Å². The van der Waals surface area contributed by atoms with Gasteiger partial charge >= 0.3 is 18.1 Å². The van der Waals surface area contributed by atoms with Crippen molar-refractivity contribution in [3.63, 3.8) is 0 Å². The third kappa shape index (κ3) is 12.9. The number of methoxy groups -OCH3 is 1. The Kier molecular flexibility index (Phi) is 11.6. The molecule has 182 valence electrons. The molecule has 1 aromatic rings. The van der Waals surface area contributed by atoms with E-state index in [1.807, 2.05) is 0 Å². The van der Waals surface area contributed by atoms with E-state index in [1.54, 1.807) is 0 Å². The van der Waals surface area contributed by atoms with E-state index < -0.39 is 42.8 Å². The number of nitrogens with two attached hydrogens (primary N) is 1. The van der Waals surface area contributed by atoms with Gasteiger partial charge in [-0.1, -0.05) is 11.8 Å². The number of carboxylic acids is 1. The van der Waals surface area contributed by atoms with Gasteiger partial charge in [-0.3, -0.25) is 4.79 Å². The van der Waals surface area contributed by atoms with Crippen LogP contribution < -0.4 is 16.4 Å². The SMILES string of the molecule is COC(OC(=O)/C=C\C(=O)O)C(=O)NCCCSc1nccc(NC(N)=NCC(F)(F)F)n1. The average Bonchev–Trinajstić information content (AvgIpc) is 2.74. The number of hydrogen-bond acceptors (Lipinski definition) is 9. The van der Waals surface area contributed by atoms with Crippen molar-refractivity contribution in [2.75, 3.05) is 31.3 Å². The smallest absolute Gasteiger partial charge is 0.408 e. The maximum Gasteiger partial charge on any atom is 0.408 e. The Morgan fingerprint density at radius 1 is 1.36 bits per heavy atom. The van der Waals surface area contributed by atoms with Gasteiger partial charge < -0.3 is 30.9 Å². The number of halogens is 3. The number of carbonyl (C=O) groups excluding carboxylic acids is 2. The van der Waals surface area contributed by atoms with Gasteiger partial charge in [-0.25, -0.2) is 24.5 Å². The number of carbonyl (C=O) groups is 3.